The first kappa shape index (κ1) is 21.2. The molecule has 2 aromatic rings. The molecule has 29 heavy (non-hydrogen) atoms. The Bertz CT molecular complexity index is 943. The maximum Gasteiger partial charge on any atom is 0.339 e. The first-order valence-electron chi connectivity index (χ1n) is 9.96. The van der Waals surface area contributed by atoms with E-state index >= 15 is 0 Å². The number of aliphatic hydroxyl groups excluding tert-OH is 1. The molecule has 5 nitrogen and oxygen atoms in total. The van der Waals surface area contributed by atoms with Crippen LogP contribution in [0.2, 0.25) is 0 Å². The SMILES string of the molecule is Cc1c(OCC(O)c2ccc3c(c2)C(C)(C)CCC3(C)C)ccc(C(=O)O)c1O. The van der Waals surface area contributed by atoms with E-state index < -0.39 is 12.1 Å². The molecule has 0 saturated heterocycles. The molecule has 0 radical (unpaired) electrons. The summed E-state index contributed by atoms with van der Waals surface area (Å²) in [5, 5.41) is 29.8. The molecule has 0 amide bonds. The molecule has 1 aliphatic rings. The number of carbonyl (C=O) groups is 1. The number of hydrogen-bond donors (Lipinski definition) is 3. The molecule has 3 rings (SSSR count). The molecule has 0 spiro atoms. The van der Waals surface area contributed by atoms with E-state index in [2.05, 4.69) is 39.8 Å². The van der Waals surface area contributed by atoms with Gasteiger partial charge in [-0.05, 0) is 59.4 Å². The number of aromatic hydroxyl groups is 1. The quantitative estimate of drug-likeness (QED) is 0.669. The lowest BCUT2D eigenvalue weighted by molar-refractivity contribution is 0.0693. The number of phenols is 1. The predicted molar refractivity (Wildman–Crippen MR) is 112 cm³/mol. The van der Waals surface area contributed by atoms with E-state index in [1.54, 1.807) is 6.92 Å². The van der Waals surface area contributed by atoms with Crippen molar-refractivity contribution in [2.45, 2.75) is 64.4 Å². The van der Waals surface area contributed by atoms with Crippen molar-refractivity contribution in [3.05, 3.63) is 58.1 Å². The molecule has 5 heteroatoms. The molecule has 0 aromatic heterocycles. The van der Waals surface area contributed by atoms with E-state index in [0.29, 0.717) is 11.3 Å². The summed E-state index contributed by atoms with van der Waals surface area (Å²) >= 11 is 0. The van der Waals surface area contributed by atoms with Gasteiger partial charge in [0.25, 0.3) is 0 Å². The smallest absolute Gasteiger partial charge is 0.339 e. The van der Waals surface area contributed by atoms with Crippen LogP contribution in [0.25, 0.3) is 0 Å². The molecule has 156 valence electrons. The number of benzene rings is 2. The summed E-state index contributed by atoms with van der Waals surface area (Å²) < 4.78 is 5.70. The maximum atomic E-state index is 11.1. The molecule has 0 fully saturated rings. The average Bonchev–Trinajstić information content (AvgIpc) is 2.66. The minimum Gasteiger partial charge on any atom is -0.507 e. The van der Waals surface area contributed by atoms with Gasteiger partial charge in [-0.1, -0.05) is 45.9 Å². The highest BCUT2D eigenvalue weighted by atomic mass is 16.5. The van der Waals surface area contributed by atoms with Crippen LogP contribution in [-0.2, 0) is 10.8 Å². The fraction of sp³-hybridized carbons (Fsp3) is 0.458. The van der Waals surface area contributed by atoms with Gasteiger partial charge in [-0.3, -0.25) is 0 Å². The summed E-state index contributed by atoms with van der Waals surface area (Å²) in [5.41, 5.74) is 3.72. The predicted octanol–water partition coefficient (Wildman–Crippen LogP) is 4.86. The summed E-state index contributed by atoms with van der Waals surface area (Å²) in [6.07, 6.45) is 1.40. The van der Waals surface area contributed by atoms with Crippen molar-refractivity contribution >= 4 is 5.97 Å². The second kappa shape index (κ2) is 7.38. The monoisotopic (exact) mass is 398 g/mol. The third-order valence-corrected chi connectivity index (χ3v) is 6.27. The molecule has 0 bridgehead atoms. The van der Waals surface area contributed by atoms with Gasteiger partial charge in [0, 0.05) is 5.56 Å². The Balaban J connectivity index is 1.81. The molecule has 1 aliphatic carbocycles. The van der Waals surface area contributed by atoms with Crippen molar-refractivity contribution in [3.63, 3.8) is 0 Å². The second-order valence-electron chi connectivity index (χ2n) is 9.29. The van der Waals surface area contributed by atoms with Gasteiger partial charge in [-0.25, -0.2) is 4.79 Å². The van der Waals surface area contributed by atoms with E-state index in [0.717, 1.165) is 18.4 Å². The Kier molecular flexibility index (Phi) is 5.39. The Labute approximate surface area is 172 Å². The summed E-state index contributed by atoms with van der Waals surface area (Å²) in [7, 11) is 0. The van der Waals surface area contributed by atoms with Crippen LogP contribution >= 0.6 is 0 Å². The van der Waals surface area contributed by atoms with Crippen molar-refractivity contribution in [2.75, 3.05) is 6.61 Å². The summed E-state index contributed by atoms with van der Waals surface area (Å²) in [4.78, 5) is 11.1. The van der Waals surface area contributed by atoms with Crippen LogP contribution in [0, 0.1) is 6.92 Å². The number of hydrogen-bond acceptors (Lipinski definition) is 4. The lowest BCUT2D eigenvalue weighted by Gasteiger charge is -2.42. The fourth-order valence-corrected chi connectivity index (χ4v) is 4.09. The molecule has 1 atom stereocenters. The van der Waals surface area contributed by atoms with E-state index in [1.165, 1.54) is 23.3 Å². The van der Waals surface area contributed by atoms with Gasteiger partial charge >= 0.3 is 5.97 Å². The minimum absolute atomic E-state index is 0.00923. The lowest BCUT2D eigenvalue weighted by atomic mass is 9.63. The molecule has 1 unspecified atom stereocenters. The number of rotatable bonds is 5. The summed E-state index contributed by atoms with van der Waals surface area (Å²) in [5.74, 6) is -1.16. The number of carboxylic acid groups (broad SMARTS) is 1. The van der Waals surface area contributed by atoms with Crippen LogP contribution in [-0.4, -0.2) is 27.9 Å². The highest BCUT2D eigenvalue weighted by Gasteiger charge is 2.37. The van der Waals surface area contributed by atoms with E-state index in [9.17, 15) is 15.0 Å². The number of fused-ring (bicyclic) bond motifs is 1. The van der Waals surface area contributed by atoms with E-state index in [-0.39, 0.29) is 28.7 Å². The summed E-state index contributed by atoms with van der Waals surface area (Å²) in [6, 6.07) is 8.96. The molecule has 0 saturated carbocycles. The molecular formula is C24H30O5. The standard InChI is InChI=1S/C24H30O5/c1-14-20(9-7-16(21(14)26)22(27)28)29-13-19(25)15-6-8-17-18(12-15)24(4,5)11-10-23(17,2)3/h6-9,12,19,25-26H,10-11,13H2,1-5H3,(H,27,28). The normalized spacial score (nSPS) is 18.0. The van der Waals surface area contributed by atoms with E-state index in [1.807, 2.05) is 6.07 Å². The van der Waals surface area contributed by atoms with Gasteiger partial charge in [-0.15, -0.1) is 0 Å². The van der Waals surface area contributed by atoms with Crippen molar-refractivity contribution in [1.29, 1.82) is 0 Å². The Morgan fingerprint density at radius 2 is 1.69 bits per heavy atom. The summed E-state index contributed by atoms with van der Waals surface area (Å²) in [6.45, 7) is 10.6. The van der Waals surface area contributed by atoms with Gasteiger partial charge < -0.3 is 20.1 Å². The van der Waals surface area contributed by atoms with Crippen LogP contribution in [0.1, 0.15) is 79.3 Å². The Morgan fingerprint density at radius 3 is 2.31 bits per heavy atom. The lowest BCUT2D eigenvalue weighted by Crippen LogP contribution is -2.34. The number of aliphatic hydroxyl groups is 1. The Hall–Kier alpha value is -2.53. The topological polar surface area (TPSA) is 87.0 Å². The average molecular weight is 398 g/mol. The first-order valence-corrected chi connectivity index (χ1v) is 9.96. The van der Waals surface area contributed by atoms with Crippen molar-refractivity contribution in [1.82, 2.24) is 0 Å². The van der Waals surface area contributed by atoms with Crippen LogP contribution in [0.5, 0.6) is 11.5 Å². The number of carboxylic acids is 1. The van der Waals surface area contributed by atoms with Crippen molar-refractivity contribution in [3.8, 4) is 11.5 Å². The van der Waals surface area contributed by atoms with Crippen molar-refractivity contribution < 1.29 is 24.9 Å². The molecule has 0 aliphatic heterocycles. The van der Waals surface area contributed by atoms with Crippen LogP contribution in [0.3, 0.4) is 0 Å². The number of aromatic carboxylic acids is 1. The number of ether oxygens (including phenoxy) is 1. The zero-order valence-electron chi connectivity index (χ0n) is 17.7. The highest BCUT2D eigenvalue weighted by molar-refractivity contribution is 5.91. The third-order valence-electron chi connectivity index (χ3n) is 6.27. The van der Waals surface area contributed by atoms with Gasteiger partial charge in [0.1, 0.15) is 29.8 Å². The van der Waals surface area contributed by atoms with Gasteiger partial charge in [-0.2, -0.15) is 0 Å². The van der Waals surface area contributed by atoms with Gasteiger partial charge in [0.2, 0.25) is 0 Å². The zero-order chi connectivity index (χ0) is 21.6. The molecule has 0 heterocycles. The molecule has 3 N–H and O–H groups in total. The minimum atomic E-state index is -1.20. The van der Waals surface area contributed by atoms with Crippen LogP contribution < -0.4 is 4.74 Å². The van der Waals surface area contributed by atoms with Crippen LogP contribution in [0.4, 0.5) is 0 Å². The highest BCUT2D eigenvalue weighted by Crippen LogP contribution is 2.46. The van der Waals surface area contributed by atoms with Gasteiger partial charge in [0.15, 0.2) is 0 Å². The molecule has 2 aromatic carbocycles. The molecular weight excluding hydrogens is 368 g/mol. The largest absolute Gasteiger partial charge is 0.507 e. The zero-order valence-corrected chi connectivity index (χ0v) is 17.7. The van der Waals surface area contributed by atoms with Crippen molar-refractivity contribution in [2.24, 2.45) is 0 Å². The van der Waals surface area contributed by atoms with Crippen LogP contribution in [0.15, 0.2) is 30.3 Å². The second-order valence-corrected chi connectivity index (χ2v) is 9.29. The Morgan fingerprint density at radius 1 is 1.07 bits per heavy atom. The van der Waals surface area contributed by atoms with E-state index in [4.69, 9.17) is 9.84 Å². The first-order chi connectivity index (χ1) is 13.4. The fourth-order valence-electron chi connectivity index (χ4n) is 4.09. The van der Waals surface area contributed by atoms with Gasteiger partial charge in [0.05, 0.1) is 0 Å². The third kappa shape index (κ3) is 3.97. The maximum absolute atomic E-state index is 11.1.